The Balaban J connectivity index is 2.10. The van der Waals surface area contributed by atoms with E-state index in [4.69, 9.17) is 18.9 Å². The van der Waals surface area contributed by atoms with Crippen LogP contribution in [0.5, 0.6) is 23.0 Å². The maximum atomic E-state index is 13.1. The van der Waals surface area contributed by atoms with Gasteiger partial charge in [-0.2, -0.15) is 0 Å². The van der Waals surface area contributed by atoms with Crippen LogP contribution in [0.4, 0.5) is 0 Å². The summed E-state index contributed by atoms with van der Waals surface area (Å²) in [6.45, 7) is 9.00. The number of esters is 3. The van der Waals surface area contributed by atoms with Crippen molar-refractivity contribution in [1.82, 2.24) is 0 Å². The molecule has 2 rings (SSSR count). The molecule has 0 saturated heterocycles. The van der Waals surface area contributed by atoms with E-state index in [2.05, 4.69) is 20.8 Å². The van der Waals surface area contributed by atoms with Crippen molar-refractivity contribution in [2.45, 2.75) is 226 Å². The molecule has 0 saturated carbocycles. The molecular formula is C53H84O8. The molecule has 8 nitrogen and oxygen atoms in total. The lowest BCUT2D eigenvalue weighted by atomic mass is 10.1. The summed E-state index contributed by atoms with van der Waals surface area (Å²) < 4.78 is 23.1. The van der Waals surface area contributed by atoms with Gasteiger partial charge in [-0.3, -0.25) is 14.4 Å². The van der Waals surface area contributed by atoms with E-state index in [9.17, 15) is 19.5 Å². The molecule has 0 aromatic heterocycles. The Morgan fingerprint density at radius 1 is 0.475 bits per heavy atom. The van der Waals surface area contributed by atoms with Crippen molar-refractivity contribution >= 4 is 24.0 Å². The minimum absolute atomic E-state index is 0.242. The maximum Gasteiger partial charge on any atom is 0.311 e. The van der Waals surface area contributed by atoms with Crippen LogP contribution in [0, 0.1) is 0 Å². The molecular weight excluding hydrogens is 765 g/mol. The predicted molar refractivity (Wildman–Crippen MR) is 250 cm³/mol. The number of hydrogen-bond donors (Lipinski definition) is 1. The normalized spacial score (nSPS) is 11.8. The van der Waals surface area contributed by atoms with Gasteiger partial charge in [-0.1, -0.05) is 187 Å². The van der Waals surface area contributed by atoms with Crippen molar-refractivity contribution in [1.29, 1.82) is 0 Å². The lowest BCUT2D eigenvalue weighted by molar-refractivity contribution is -0.135. The Morgan fingerprint density at radius 3 is 1.30 bits per heavy atom. The Kier molecular flexibility index (Phi) is 31.5. The summed E-state index contributed by atoms with van der Waals surface area (Å²) >= 11 is 0. The summed E-state index contributed by atoms with van der Waals surface area (Å²) in [4.78, 5) is 38.9. The molecule has 8 heteroatoms. The summed E-state index contributed by atoms with van der Waals surface area (Å²) in [7, 11) is 0. The number of unbranched alkanes of at least 4 members (excludes halogenated alkanes) is 24. The molecule has 0 aliphatic carbocycles. The Hall–Kier alpha value is -3.65. The number of carbonyl (C=O) groups is 3. The summed E-state index contributed by atoms with van der Waals surface area (Å²) in [6.07, 6.45) is 34.1. The van der Waals surface area contributed by atoms with E-state index in [0.717, 1.165) is 57.8 Å². The van der Waals surface area contributed by atoms with Gasteiger partial charge in [-0.05, 0) is 50.5 Å². The van der Waals surface area contributed by atoms with Gasteiger partial charge in [0.15, 0.2) is 0 Å². The van der Waals surface area contributed by atoms with Crippen LogP contribution in [0.2, 0.25) is 0 Å². The molecule has 61 heavy (non-hydrogen) atoms. The van der Waals surface area contributed by atoms with Crippen LogP contribution < -0.4 is 18.9 Å². The van der Waals surface area contributed by atoms with Crippen LogP contribution in [0.1, 0.15) is 238 Å². The first-order valence-electron chi connectivity index (χ1n) is 24.7. The number of aliphatic hydroxyl groups excluding tert-OH is 1. The van der Waals surface area contributed by atoms with Crippen molar-refractivity contribution in [3.8, 4) is 23.0 Å². The summed E-state index contributed by atoms with van der Waals surface area (Å²) in [5.41, 5.74) is 0.944. The van der Waals surface area contributed by atoms with Crippen LogP contribution in [-0.4, -0.2) is 29.6 Å². The molecule has 344 valence electrons. The van der Waals surface area contributed by atoms with Gasteiger partial charge in [-0.25, -0.2) is 0 Å². The minimum Gasteiger partial charge on any atom is -0.494 e. The Morgan fingerprint density at radius 2 is 0.852 bits per heavy atom. The zero-order valence-corrected chi connectivity index (χ0v) is 38.9. The van der Waals surface area contributed by atoms with E-state index < -0.39 is 6.10 Å². The fourth-order valence-corrected chi connectivity index (χ4v) is 7.48. The van der Waals surface area contributed by atoms with Gasteiger partial charge in [0.1, 0.15) is 29.1 Å². The van der Waals surface area contributed by atoms with Crippen LogP contribution in [0.3, 0.4) is 0 Å². The Labute approximate surface area is 370 Å². The van der Waals surface area contributed by atoms with E-state index in [1.54, 1.807) is 48.6 Å². The third-order valence-electron chi connectivity index (χ3n) is 11.2. The van der Waals surface area contributed by atoms with Gasteiger partial charge >= 0.3 is 17.9 Å². The van der Waals surface area contributed by atoms with E-state index in [0.29, 0.717) is 42.1 Å². The van der Waals surface area contributed by atoms with Crippen LogP contribution in [0.15, 0.2) is 42.5 Å². The predicted octanol–water partition coefficient (Wildman–Crippen LogP) is 15.3. The molecule has 0 spiro atoms. The van der Waals surface area contributed by atoms with E-state index in [1.807, 2.05) is 6.92 Å². The molecule has 0 bridgehead atoms. The topological polar surface area (TPSA) is 108 Å². The lowest BCUT2D eigenvalue weighted by Crippen LogP contribution is -2.11. The molecule has 2 aromatic carbocycles. The number of ether oxygens (including phenoxy) is 4. The average molecular weight is 849 g/mol. The van der Waals surface area contributed by atoms with Crippen LogP contribution in [-0.2, 0) is 14.4 Å². The van der Waals surface area contributed by atoms with Crippen molar-refractivity contribution in [2.75, 3.05) is 6.61 Å². The number of aliphatic hydroxyl groups is 1. The second-order valence-corrected chi connectivity index (χ2v) is 16.8. The van der Waals surface area contributed by atoms with Gasteiger partial charge in [0, 0.05) is 42.5 Å². The lowest BCUT2D eigenvalue weighted by Gasteiger charge is -2.15. The van der Waals surface area contributed by atoms with Crippen molar-refractivity contribution < 1.29 is 38.4 Å². The van der Waals surface area contributed by atoms with Gasteiger partial charge in [0.2, 0.25) is 0 Å². The van der Waals surface area contributed by atoms with Gasteiger partial charge in [0.25, 0.3) is 0 Å². The van der Waals surface area contributed by atoms with Crippen LogP contribution >= 0.6 is 0 Å². The van der Waals surface area contributed by atoms with Crippen molar-refractivity contribution in [3.63, 3.8) is 0 Å². The second-order valence-electron chi connectivity index (χ2n) is 16.8. The monoisotopic (exact) mass is 849 g/mol. The summed E-state index contributed by atoms with van der Waals surface area (Å²) in [6, 6.07) is 10.0. The molecule has 1 atom stereocenters. The highest BCUT2D eigenvalue weighted by Gasteiger charge is 2.18. The highest BCUT2D eigenvalue weighted by atomic mass is 16.5. The maximum absolute atomic E-state index is 13.1. The molecule has 0 aliphatic heterocycles. The second kappa shape index (κ2) is 35.9. The fraction of sp³-hybridized carbons (Fsp3) is 0.679. The zero-order chi connectivity index (χ0) is 44.2. The van der Waals surface area contributed by atoms with Crippen molar-refractivity contribution in [3.05, 3.63) is 53.6 Å². The molecule has 0 aliphatic rings. The molecule has 2 aromatic rings. The average Bonchev–Trinajstić information content (AvgIpc) is 3.24. The van der Waals surface area contributed by atoms with Gasteiger partial charge in [-0.15, -0.1) is 0 Å². The molecule has 0 amide bonds. The highest BCUT2D eigenvalue weighted by Crippen LogP contribution is 2.33. The van der Waals surface area contributed by atoms with E-state index >= 15 is 0 Å². The SMILES string of the molecule is CCCCCCCCCCCC(=O)Oc1ccc(C=CC(O)c2ccc(OCC)cc2OC(=O)CCCCCCCCCCC)c(OC(=O)CCCCCCCCCCC)c1. The first kappa shape index (κ1) is 53.5. The number of benzene rings is 2. The number of carbonyl (C=O) groups excluding carboxylic acids is 3. The molecule has 0 fully saturated rings. The minimum atomic E-state index is -1.15. The van der Waals surface area contributed by atoms with Crippen molar-refractivity contribution in [2.24, 2.45) is 0 Å². The number of rotatable bonds is 38. The Bertz CT molecular complexity index is 1480. The molecule has 0 heterocycles. The quantitative estimate of drug-likeness (QED) is 0.0404. The third kappa shape index (κ3) is 26.4. The fourth-order valence-electron chi connectivity index (χ4n) is 7.48. The van der Waals surface area contributed by atoms with Gasteiger partial charge in [0.05, 0.1) is 6.61 Å². The van der Waals surface area contributed by atoms with E-state index in [-0.39, 0.29) is 35.8 Å². The standard InChI is InChI=1S/C53H84O8/c1-5-9-12-15-18-21-24-27-30-33-51(55)59-46-38-36-44(49(43-46)60-52(56)34-31-28-25-22-19-16-13-10-6-2)37-41-48(54)47-40-39-45(58-8-4)42-50(47)61-53(57)35-32-29-26-23-20-17-14-11-7-3/h36-43,48,54H,5-35H2,1-4H3. The summed E-state index contributed by atoms with van der Waals surface area (Å²) in [5.74, 6) is 0.309. The van der Waals surface area contributed by atoms with Crippen LogP contribution in [0.25, 0.3) is 6.08 Å². The largest absolute Gasteiger partial charge is 0.494 e. The first-order valence-corrected chi connectivity index (χ1v) is 24.7. The zero-order valence-electron chi connectivity index (χ0n) is 38.9. The molecule has 0 radical (unpaired) electrons. The molecule has 1 unspecified atom stereocenters. The highest BCUT2D eigenvalue weighted by molar-refractivity contribution is 5.76. The third-order valence-corrected chi connectivity index (χ3v) is 11.2. The first-order chi connectivity index (χ1) is 29.8. The van der Waals surface area contributed by atoms with Gasteiger partial charge < -0.3 is 24.1 Å². The summed E-state index contributed by atoms with van der Waals surface area (Å²) in [5, 5.41) is 11.4. The van der Waals surface area contributed by atoms with E-state index in [1.165, 1.54) is 116 Å². The number of hydrogen-bond acceptors (Lipinski definition) is 8. The smallest absolute Gasteiger partial charge is 0.311 e. The molecule has 1 N–H and O–H groups in total.